The van der Waals surface area contributed by atoms with Crippen LogP contribution in [0.5, 0.6) is 0 Å². The summed E-state index contributed by atoms with van der Waals surface area (Å²) in [4.78, 5) is 33.1. The fraction of sp³-hybridized carbons (Fsp3) is 0.444. The normalized spacial score (nSPS) is 14.6. The van der Waals surface area contributed by atoms with E-state index in [1.807, 2.05) is 26.0 Å². The number of ketones is 1. The van der Waals surface area contributed by atoms with Gasteiger partial charge in [-0.3, -0.25) is 14.7 Å². The van der Waals surface area contributed by atoms with E-state index >= 15 is 0 Å². The molecule has 3 rings (SSSR count). The van der Waals surface area contributed by atoms with Gasteiger partial charge in [-0.25, -0.2) is 13.8 Å². The van der Waals surface area contributed by atoms with Gasteiger partial charge in [0.15, 0.2) is 23.3 Å². The number of Topliss-reactive ketones (excluding diaryl/α,β-unsaturated/α-hetero) is 1. The number of amidine groups is 1. The standard InChI is InChI=1S/C26H30F2N4O.C9H17NO.CH4O/c1-7-13-30-26(32-20-9-10-22(18(5)33)19(8-2)14-20)17(4)31-15-16(3)21-11-12-23(29-6)25(28)24(21)27;1-2-9-3-5-10(6-4-9)7-8-11;1-2/h7,9-15,29H,8H2,1-6H3,(H,30,32);8-9H,2-7H2,1H3;2H,1H3/b13-7-,16-15+,31-17?;;. The molecule has 2 aromatic carbocycles. The van der Waals surface area contributed by atoms with Crippen LogP contribution in [0.4, 0.5) is 20.2 Å². The van der Waals surface area contributed by atoms with Crippen LogP contribution in [-0.4, -0.2) is 67.4 Å². The van der Waals surface area contributed by atoms with E-state index in [4.69, 9.17) is 5.11 Å². The highest BCUT2D eigenvalue weighted by Gasteiger charge is 2.17. The molecule has 0 spiro atoms. The zero-order chi connectivity index (χ0) is 34.6. The van der Waals surface area contributed by atoms with Crippen molar-refractivity contribution in [2.75, 3.05) is 44.4 Å². The third-order valence-electron chi connectivity index (χ3n) is 7.67. The number of halogens is 2. The van der Waals surface area contributed by atoms with E-state index in [1.54, 1.807) is 39.1 Å². The summed E-state index contributed by atoms with van der Waals surface area (Å²) in [6.07, 6.45) is 10.5. The smallest absolute Gasteiger partial charge is 0.182 e. The number of rotatable bonds is 11. The number of piperidine rings is 1. The van der Waals surface area contributed by atoms with E-state index in [0.717, 1.165) is 50.1 Å². The number of aliphatic imine (C=N–C) groups is 2. The molecule has 0 unspecified atom stereocenters. The van der Waals surface area contributed by atoms with Gasteiger partial charge in [-0.15, -0.1) is 0 Å². The SMILES string of the molecule is C/C=C\N=C(Nc1ccc(C(C)=O)c(CC)c1)C(C)=N/C=C(\C)c1ccc(NC)c(F)c1F.CCC1CCN(CC=O)CC1.CO. The number of hydrogen-bond acceptors (Lipinski definition) is 7. The van der Waals surface area contributed by atoms with Crippen molar-refractivity contribution in [3.63, 3.8) is 0 Å². The van der Waals surface area contributed by atoms with Crippen LogP contribution < -0.4 is 10.6 Å². The molecule has 46 heavy (non-hydrogen) atoms. The number of likely N-dealkylation sites (tertiary alicyclic amines) is 1. The Balaban J connectivity index is 0.000000679. The summed E-state index contributed by atoms with van der Waals surface area (Å²) in [6, 6.07) is 8.52. The van der Waals surface area contributed by atoms with Crippen molar-refractivity contribution in [3.05, 3.63) is 77.1 Å². The number of nitrogens with one attached hydrogen (secondary N) is 2. The lowest BCUT2D eigenvalue weighted by Crippen LogP contribution is -2.34. The number of aryl methyl sites for hydroxylation is 1. The minimum Gasteiger partial charge on any atom is -0.400 e. The zero-order valence-electron chi connectivity index (χ0n) is 28.6. The monoisotopic (exact) mass is 639 g/mol. The molecular formula is C36H51F2N5O3. The number of benzene rings is 2. The van der Waals surface area contributed by atoms with Gasteiger partial charge in [-0.1, -0.05) is 26.3 Å². The fourth-order valence-corrected chi connectivity index (χ4v) is 4.86. The van der Waals surface area contributed by atoms with Gasteiger partial charge in [0.2, 0.25) is 0 Å². The van der Waals surface area contributed by atoms with Crippen molar-refractivity contribution in [3.8, 4) is 0 Å². The second-order valence-corrected chi connectivity index (χ2v) is 10.8. The minimum atomic E-state index is -0.929. The summed E-state index contributed by atoms with van der Waals surface area (Å²) in [6.45, 7) is 14.0. The van der Waals surface area contributed by atoms with E-state index in [1.165, 1.54) is 44.6 Å². The van der Waals surface area contributed by atoms with Gasteiger partial charge < -0.3 is 20.5 Å². The summed E-state index contributed by atoms with van der Waals surface area (Å²) < 4.78 is 28.5. The maximum absolute atomic E-state index is 14.4. The summed E-state index contributed by atoms with van der Waals surface area (Å²) in [7, 11) is 2.53. The maximum Gasteiger partial charge on any atom is 0.182 e. The molecular weight excluding hydrogens is 588 g/mol. The van der Waals surface area contributed by atoms with E-state index in [0.29, 0.717) is 29.2 Å². The quantitative estimate of drug-likeness (QED) is 0.101. The van der Waals surface area contributed by atoms with Gasteiger partial charge >= 0.3 is 0 Å². The number of hydrogen-bond donors (Lipinski definition) is 3. The Morgan fingerprint density at radius 1 is 1.02 bits per heavy atom. The average Bonchev–Trinajstić information content (AvgIpc) is 3.08. The van der Waals surface area contributed by atoms with Gasteiger partial charge in [0.1, 0.15) is 6.29 Å². The molecule has 1 aliphatic rings. The third-order valence-corrected chi connectivity index (χ3v) is 7.67. The molecule has 1 fully saturated rings. The predicted molar refractivity (Wildman–Crippen MR) is 188 cm³/mol. The second-order valence-electron chi connectivity index (χ2n) is 10.8. The molecule has 8 nitrogen and oxygen atoms in total. The molecule has 252 valence electrons. The second kappa shape index (κ2) is 21.7. The Morgan fingerprint density at radius 2 is 1.67 bits per heavy atom. The number of nitrogens with zero attached hydrogens (tertiary/aromatic N) is 3. The lowest BCUT2D eigenvalue weighted by molar-refractivity contribution is -0.109. The number of anilines is 2. The van der Waals surface area contributed by atoms with E-state index < -0.39 is 11.6 Å². The van der Waals surface area contributed by atoms with E-state index in [2.05, 4.69) is 32.4 Å². The Labute approximate surface area is 273 Å². The Kier molecular flexibility index (Phi) is 18.8. The molecule has 0 bridgehead atoms. The first-order valence-corrected chi connectivity index (χ1v) is 15.7. The van der Waals surface area contributed by atoms with Gasteiger partial charge in [-0.2, -0.15) is 0 Å². The Hall–Kier alpha value is -4.02. The summed E-state index contributed by atoms with van der Waals surface area (Å²) in [5.74, 6) is -0.431. The summed E-state index contributed by atoms with van der Waals surface area (Å²) in [5, 5.41) is 12.9. The molecule has 0 amide bonds. The molecule has 0 atom stereocenters. The molecule has 1 aliphatic heterocycles. The van der Waals surface area contributed by atoms with Crippen LogP contribution in [0, 0.1) is 17.6 Å². The van der Waals surface area contributed by atoms with Gasteiger partial charge in [0.05, 0.1) is 17.9 Å². The molecule has 2 aromatic rings. The highest BCUT2D eigenvalue weighted by molar-refractivity contribution is 6.45. The van der Waals surface area contributed by atoms with Crippen LogP contribution in [0.15, 0.2) is 58.8 Å². The predicted octanol–water partition coefficient (Wildman–Crippen LogP) is 7.55. The van der Waals surface area contributed by atoms with Crippen molar-refractivity contribution in [2.24, 2.45) is 15.9 Å². The first-order valence-electron chi connectivity index (χ1n) is 15.7. The topological polar surface area (TPSA) is 106 Å². The highest BCUT2D eigenvalue weighted by Crippen LogP contribution is 2.25. The Morgan fingerprint density at radius 3 is 2.22 bits per heavy atom. The summed E-state index contributed by atoms with van der Waals surface area (Å²) in [5.41, 5.74) is 3.65. The van der Waals surface area contributed by atoms with E-state index in [-0.39, 0.29) is 17.0 Å². The molecule has 0 radical (unpaired) electrons. The van der Waals surface area contributed by atoms with Crippen molar-refractivity contribution < 1.29 is 23.5 Å². The zero-order valence-corrected chi connectivity index (χ0v) is 28.6. The van der Waals surface area contributed by atoms with Crippen LogP contribution in [-0.2, 0) is 11.2 Å². The molecule has 1 heterocycles. The first-order chi connectivity index (χ1) is 22.1. The third kappa shape index (κ3) is 12.4. The number of aliphatic hydroxyl groups is 1. The van der Waals surface area contributed by atoms with Gasteiger partial charge in [0, 0.05) is 43.4 Å². The number of aliphatic hydroxyl groups excluding tert-OH is 1. The first kappa shape index (κ1) is 40.0. The van der Waals surface area contributed by atoms with Crippen LogP contribution in [0.25, 0.3) is 5.57 Å². The Bertz CT molecular complexity index is 1390. The fourth-order valence-electron chi connectivity index (χ4n) is 4.86. The lowest BCUT2D eigenvalue weighted by atomic mass is 9.94. The van der Waals surface area contributed by atoms with Crippen molar-refractivity contribution >= 4 is 40.6 Å². The number of allylic oxidation sites excluding steroid dienone is 2. The average molecular weight is 640 g/mol. The van der Waals surface area contributed by atoms with Crippen LogP contribution in [0.3, 0.4) is 0 Å². The van der Waals surface area contributed by atoms with Crippen LogP contribution in [0.2, 0.25) is 0 Å². The molecule has 10 heteroatoms. The van der Waals surface area contributed by atoms with Crippen molar-refractivity contribution in [1.82, 2.24) is 4.90 Å². The molecule has 0 aromatic heterocycles. The van der Waals surface area contributed by atoms with Crippen molar-refractivity contribution in [2.45, 2.75) is 67.2 Å². The highest BCUT2D eigenvalue weighted by atomic mass is 19.2. The van der Waals surface area contributed by atoms with Crippen LogP contribution in [0.1, 0.15) is 82.3 Å². The number of carbonyl (C=O) groups excluding carboxylic acids is 2. The maximum atomic E-state index is 14.4. The number of aldehydes is 1. The molecule has 3 N–H and O–H groups in total. The van der Waals surface area contributed by atoms with Crippen molar-refractivity contribution in [1.29, 1.82) is 0 Å². The van der Waals surface area contributed by atoms with Gasteiger partial charge in [0.25, 0.3) is 0 Å². The van der Waals surface area contributed by atoms with E-state index in [9.17, 15) is 18.4 Å². The molecule has 0 saturated carbocycles. The summed E-state index contributed by atoms with van der Waals surface area (Å²) >= 11 is 0. The lowest BCUT2D eigenvalue weighted by Gasteiger charge is -2.29. The molecule has 1 saturated heterocycles. The van der Waals surface area contributed by atoms with Gasteiger partial charge in [-0.05, 0) is 107 Å². The molecule has 0 aliphatic carbocycles. The number of carbonyl (C=O) groups is 2. The van der Waals surface area contributed by atoms with Crippen LogP contribution >= 0.6 is 0 Å². The minimum absolute atomic E-state index is 0.0194. The largest absolute Gasteiger partial charge is 0.400 e.